The molecule has 0 bridgehead atoms. The number of primary amides is 1. The van der Waals surface area contributed by atoms with Gasteiger partial charge in [-0.2, -0.15) is 0 Å². The summed E-state index contributed by atoms with van der Waals surface area (Å²) >= 11 is 0. The molecule has 0 aliphatic heterocycles. The Bertz CT molecular complexity index is 1670. The monoisotopic (exact) mass is 525 g/mol. The fourth-order valence-corrected chi connectivity index (χ4v) is 6.51. The van der Waals surface area contributed by atoms with Crippen LogP contribution in [-0.2, 0) is 19.2 Å². The van der Waals surface area contributed by atoms with Gasteiger partial charge in [0.15, 0.2) is 34.7 Å². The van der Waals surface area contributed by atoms with Gasteiger partial charge in [-0.25, -0.2) is 0 Å². The van der Waals surface area contributed by atoms with Crippen molar-refractivity contribution >= 4 is 51.5 Å². The topological polar surface area (TPSA) is 172 Å². The average molecular weight is 526 g/mol. The largest absolute Gasteiger partial charge is 0.507 e. The Kier molecular flexibility index (Phi) is 5.43. The maximum Gasteiger partial charge on any atom is 0.235 e. The molecule has 0 spiro atoms. The zero-order chi connectivity index (χ0) is 27.8. The Hall–Kier alpha value is -4.47. The first-order chi connectivity index (χ1) is 18.6. The van der Waals surface area contributed by atoms with Crippen LogP contribution in [0.2, 0.25) is 0 Å². The molecule has 9 nitrogen and oxygen atoms in total. The number of aliphatic hydroxyl groups excluding tert-OH is 1. The lowest BCUT2D eigenvalue weighted by molar-refractivity contribution is -0.185. The maximum absolute atomic E-state index is 13.9. The van der Waals surface area contributed by atoms with E-state index in [1.54, 1.807) is 12.1 Å². The van der Waals surface area contributed by atoms with E-state index in [0.717, 1.165) is 10.8 Å². The number of Topliss-reactive ketones (excluding diaryl/α,β-unsaturated/α-hetero) is 4. The summed E-state index contributed by atoms with van der Waals surface area (Å²) in [6, 6.07) is 17.6. The number of phenols is 1. The number of benzene rings is 3. The highest BCUT2D eigenvalue weighted by Gasteiger charge is 2.69. The Morgan fingerprint density at radius 1 is 0.949 bits per heavy atom. The second kappa shape index (κ2) is 8.52. The van der Waals surface area contributed by atoms with E-state index in [-0.39, 0.29) is 11.1 Å². The van der Waals surface area contributed by atoms with E-state index in [0.29, 0.717) is 11.1 Å². The molecule has 3 aromatic rings. The van der Waals surface area contributed by atoms with Gasteiger partial charge in [0.05, 0.1) is 17.6 Å². The molecule has 2 fully saturated rings. The highest BCUT2D eigenvalue weighted by Crippen LogP contribution is 2.54. The molecule has 0 radical (unpaired) electrons. The number of phenolic OH excluding ortho intramolecular Hbond substituents is 1. The van der Waals surface area contributed by atoms with Crippen molar-refractivity contribution in [2.75, 3.05) is 0 Å². The fourth-order valence-electron chi connectivity index (χ4n) is 6.51. The van der Waals surface area contributed by atoms with E-state index in [2.05, 4.69) is 0 Å². The molecule has 2 unspecified atom stereocenters. The van der Waals surface area contributed by atoms with Crippen molar-refractivity contribution in [1.29, 1.82) is 0 Å². The summed E-state index contributed by atoms with van der Waals surface area (Å²) in [5.41, 5.74) is 3.37. The Morgan fingerprint density at radius 2 is 1.67 bits per heavy atom. The first-order valence-electron chi connectivity index (χ1n) is 12.4. The summed E-state index contributed by atoms with van der Waals surface area (Å²) < 4.78 is 0. The van der Waals surface area contributed by atoms with Gasteiger partial charge in [-0.3, -0.25) is 24.0 Å². The van der Waals surface area contributed by atoms with Crippen LogP contribution in [0, 0.1) is 23.7 Å². The van der Waals surface area contributed by atoms with Crippen molar-refractivity contribution in [2.45, 2.75) is 18.1 Å². The van der Waals surface area contributed by atoms with Gasteiger partial charge >= 0.3 is 0 Å². The van der Waals surface area contributed by atoms with E-state index in [1.807, 2.05) is 42.5 Å². The summed E-state index contributed by atoms with van der Waals surface area (Å²) in [6.07, 6.45) is -0.657. The molecule has 0 aromatic heterocycles. The van der Waals surface area contributed by atoms with Crippen LogP contribution in [0.4, 0.5) is 0 Å². The summed E-state index contributed by atoms with van der Waals surface area (Å²) in [4.78, 5) is 65.3. The number of rotatable bonds is 2. The van der Waals surface area contributed by atoms with Gasteiger partial charge in [-0.1, -0.05) is 54.6 Å². The van der Waals surface area contributed by atoms with Gasteiger partial charge in [0, 0.05) is 18.3 Å². The van der Waals surface area contributed by atoms with E-state index >= 15 is 0 Å². The van der Waals surface area contributed by atoms with Gasteiger partial charge in [-0.05, 0) is 39.6 Å². The van der Waals surface area contributed by atoms with Crippen LogP contribution in [0.3, 0.4) is 0 Å². The molecule has 196 valence electrons. The lowest BCUT2D eigenvalue weighted by Gasteiger charge is -2.51. The molecule has 2 saturated carbocycles. The minimum absolute atomic E-state index is 0.181. The molecule has 3 aliphatic rings. The molecule has 39 heavy (non-hydrogen) atoms. The molecule has 3 aromatic carbocycles. The number of carbonyl (C=O) groups excluding carboxylic acids is 5. The minimum Gasteiger partial charge on any atom is -0.507 e. The molecule has 6 rings (SSSR count). The number of ketones is 4. The number of nitrogens with two attached hydrogens (primary N) is 1. The van der Waals surface area contributed by atoms with Crippen molar-refractivity contribution < 1.29 is 39.3 Å². The van der Waals surface area contributed by atoms with Gasteiger partial charge in [0.25, 0.3) is 0 Å². The number of carbonyl (C=O) groups is 5. The maximum atomic E-state index is 13.9. The molecule has 9 heteroatoms. The third-order valence-electron chi connectivity index (χ3n) is 8.34. The third kappa shape index (κ3) is 3.36. The quantitative estimate of drug-likeness (QED) is 0.364. The summed E-state index contributed by atoms with van der Waals surface area (Å²) in [5, 5.41) is 35.6. The smallest absolute Gasteiger partial charge is 0.235 e. The number of aromatic hydroxyl groups is 1. The predicted octanol–water partition coefficient (Wildman–Crippen LogP) is 1.45. The van der Waals surface area contributed by atoms with Gasteiger partial charge in [0.2, 0.25) is 5.91 Å². The summed E-state index contributed by atoms with van der Waals surface area (Å²) in [6.45, 7) is 0. The van der Waals surface area contributed by atoms with Gasteiger partial charge in [0.1, 0.15) is 5.75 Å². The van der Waals surface area contributed by atoms with Crippen molar-refractivity contribution in [3.63, 3.8) is 0 Å². The predicted molar refractivity (Wildman–Crippen MR) is 138 cm³/mol. The highest BCUT2D eigenvalue weighted by atomic mass is 16.3. The molecule has 6 atom stereocenters. The molecule has 5 N–H and O–H groups in total. The lowest BCUT2D eigenvalue weighted by Crippen LogP contribution is -2.72. The van der Waals surface area contributed by atoms with Crippen LogP contribution in [0.15, 0.2) is 60.7 Å². The molecular weight excluding hydrogens is 502 g/mol. The number of hydrogen-bond donors (Lipinski definition) is 4. The normalized spacial score (nSPS) is 31.1. The third-order valence-corrected chi connectivity index (χ3v) is 8.34. The van der Waals surface area contributed by atoms with Crippen molar-refractivity contribution in [3.8, 4) is 5.75 Å². The molecule has 3 aliphatic carbocycles. The van der Waals surface area contributed by atoms with Crippen molar-refractivity contribution in [3.05, 3.63) is 77.4 Å². The Labute approximate surface area is 221 Å². The number of fused-ring (bicyclic) bond motifs is 4. The summed E-state index contributed by atoms with van der Waals surface area (Å²) in [7, 11) is 0. The van der Waals surface area contributed by atoms with E-state index in [4.69, 9.17) is 5.73 Å². The molecule has 1 amide bonds. The molecule has 0 heterocycles. The van der Waals surface area contributed by atoms with Crippen LogP contribution in [0.5, 0.6) is 5.75 Å². The fraction of sp³-hybridized carbons (Fsp3) is 0.233. The first-order valence-corrected chi connectivity index (χ1v) is 12.4. The molecular formula is C30H23NO8. The standard InChI is InChI=1S/C30H23NO8/c31-29(38)23-20(33)12-18-25(34)22-17(11-13-8-9-14-4-1-2-5-15(14)10-13)16-6-3-7-19(32)21(16)26(35)24(22)28(37)30(18,39)27(23)36/h1-11,18,22-25,32,34,39H,12H2,(H2,31,38)/t18-,22-,23?,24?,25-,30-/m1/s1. The van der Waals surface area contributed by atoms with Crippen LogP contribution < -0.4 is 5.73 Å². The summed E-state index contributed by atoms with van der Waals surface area (Å²) in [5.74, 6) is -12.8. The number of hydrogen-bond acceptors (Lipinski definition) is 8. The zero-order valence-electron chi connectivity index (χ0n) is 20.4. The van der Waals surface area contributed by atoms with Gasteiger partial charge in [-0.15, -0.1) is 0 Å². The Balaban J connectivity index is 1.57. The average Bonchev–Trinajstić information content (AvgIpc) is 2.90. The molecule has 0 saturated heterocycles. The van der Waals surface area contributed by atoms with Gasteiger partial charge < -0.3 is 21.1 Å². The second-order valence-electron chi connectivity index (χ2n) is 10.4. The lowest BCUT2D eigenvalue weighted by atomic mass is 9.51. The van der Waals surface area contributed by atoms with Crippen LogP contribution in [0.25, 0.3) is 22.4 Å². The van der Waals surface area contributed by atoms with Crippen molar-refractivity contribution in [1.82, 2.24) is 0 Å². The van der Waals surface area contributed by atoms with E-state index < -0.39 is 76.6 Å². The zero-order valence-corrected chi connectivity index (χ0v) is 20.4. The Morgan fingerprint density at radius 3 is 2.38 bits per heavy atom. The second-order valence-corrected chi connectivity index (χ2v) is 10.4. The van der Waals surface area contributed by atoms with Crippen molar-refractivity contribution in [2.24, 2.45) is 29.4 Å². The highest BCUT2D eigenvalue weighted by molar-refractivity contribution is 6.32. The van der Waals surface area contributed by atoms with Crippen LogP contribution in [0.1, 0.15) is 27.9 Å². The van der Waals surface area contributed by atoms with Crippen LogP contribution in [-0.4, -0.2) is 56.1 Å². The van der Waals surface area contributed by atoms with Crippen LogP contribution >= 0.6 is 0 Å². The number of amides is 1. The van der Waals surface area contributed by atoms with E-state index in [1.165, 1.54) is 12.1 Å². The first kappa shape index (κ1) is 24.8. The SMILES string of the molecule is NC(=O)C1C(=O)C[C@@H]2[C@@H](O)[C@@H]3C(=Cc4ccc5ccccc5c4)c4cccc(O)c4C(=O)C3C(=O)[C@]2(O)C1=O. The van der Waals surface area contributed by atoms with E-state index in [9.17, 15) is 39.3 Å². The number of aliphatic hydroxyl groups is 2. The minimum atomic E-state index is -2.97.